The predicted octanol–water partition coefficient (Wildman–Crippen LogP) is 3.53. The molecule has 8 heteroatoms. The van der Waals surface area contributed by atoms with Crippen molar-refractivity contribution in [3.8, 4) is 17.2 Å². The quantitative estimate of drug-likeness (QED) is 0.621. The van der Waals surface area contributed by atoms with Crippen LogP contribution in [-0.4, -0.2) is 56.8 Å². The van der Waals surface area contributed by atoms with Crippen LogP contribution in [0.5, 0.6) is 17.2 Å². The minimum atomic E-state index is -0.157. The number of nitrogens with zero attached hydrogens (tertiary/aromatic N) is 1. The van der Waals surface area contributed by atoms with Crippen molar-refractivity contribution < 1.29 is 23.8 Å². The first-order valence-corrected chi connectivity index (χ1v) is 10.9. The van der Waals surface area contributed by atoms with E-state index in [4.69, 9.17) is 14.2 Å². The van der Waals surface area contributed by atoms with Gasteiger partial charge in [0, 0.05) is 19.6 Å². The Hall–Kier alpha value is -3.42. The van der Waals surface area contributed by atoms with Crippen LogP contribution in [0.3, 0.4) is 0 Å². The van der Waals surface area contributed by atoms with Crippen molar-refractivity contribution in [1.82, 2.24) is 10.2 Å². The molecule has 8 nitrogen and oxygen atoms in total. The number of benzene rings is 2. The summed E-state index contributed by atoms with van der Waals surface area (Å²) in [5.74, 6) is 2.20. The van der Waals surface area contributed by atoms with Gasteiger partial charge in [-0.15, -0.1) is 0 Å². The molecule has 32 heavy (non-hydrogen) atoms. The van der Waals surface area contributed by atoms with E-state index in [2.05, 4.69) is 10.6 Å². The normalized spacial score (nSPS) is 13.9. The van der Waals surface area contributed by atoms with Gasteiger partial charge in [0.05, 0.1) is 19.4 Å². The zero-order valence-corrected chi connectivity index (χ0v) is 18.6. The monoisotopic (exact) mass is 441 g/mol. The Balaban J connectivity index is 1.34. The molecule has 0 aromatic heterocycles. The van der Waals surface area contributed by atoms with Crippen LogP contribution in [0.2, 0.25) is 0 Å². The van der Waals surface area contributed by atoms with Crippen molar-refractivity contribution in [1.29, 1.82) is 0 Å². The van der Waals surface area contributed by atoms with Crippen LogP contribution in [0, 0.1) is 5.92 Å². The molecule has 0 bridgehead atoms. The van der Waals surface area contributed by atoms with Gasteiger partial charge in [0.2, 0.25) is 0 Å². The van der Waals surface area contributed by atoms with E-state index in [9.17, 15) is 9.59 Å². The summed E-state index contributed by atoms with van der Waals surface area (Å²) in [5, 5.41) is 5.84. The second kappa shape index (κ2) is 11.8. The Morgan fingerprint density at radius 3 is 2.31 bits per heavy atom. The van der Waals surface area contributed by atoms with Gasteiger partial charge < -0.3 is 29.7 Å². The number of carbonyl (C=O) groups excluding carboxylic acids is 2. The van der Waals surface area contributed by atoms with Gasteiger partial charge in [-0.1, -0.05) is 12.1 Å². The fraction of sp³-hybridized carbons (Fsp3) is 0.417. The number of para-hydroxylation sites is 2. The number of rotatable bonds is 9. The zero-order valence-electron chi connectivity index (χ0n) is 18.6. The lowest BCUT2D eigenvalue weighted by Gasteiger charge is -2.32. The summed E-state index contributed by atoms with van der Waals surface area (Å²) in [7, 11) is 1.58. The average molecular weight is 442 g/mol. The summed E-state index contributed by atoms with van der Waals surface area (Å²) in [4.78, 5) is 26.5. The molecule has 0 unspecified atom stereocenters. The summed E-state index contributed by atoms with van der Waals surface area (Å²) in [5.41, 5.74) is 0.655. The number of nitrogens with one attached hydrogen (secondary N) is 2. The number of methoxy groups -OCH3 is 1. The molecule has 1 fully saturated rings. The largest absolute Gasteiger partial charge is 0.495 e. The van der Waals surface area contributed by atoms with Gasteiger partial charge in [-0.3, -0.25) is 4.79 Å². The molecule has 1 aliphatic rings. The average Bonchev–Trinajstić information content (AvgIpc) is 2.83. The number of likely N-dealkylation sites (tertiary alicyclic amines) is 1. The van der Waals surface area contributed by atoms with Crippen molar-refractivity contribution in [3.05, 3.63) is 48.5 Å². The maximum atomic E-state index is 12.6. The SMILES string of the molecule is CCOc1ccc(OCC(=O)NCC2CCN(C(=O)Nc3ccccc3OC)CC2)cc1. The maximum Gasteiger partial charge on any atom is 0.321 e. The summed E-state index contributed by atoms with van der Waals surface area (Å²) < 4.78 is 16.2. The molecule has 2 aromatic carbocycles. The fourth-order valence-electron chi connectivity index (χ4n) is 3.54. The molecule has 3 rings (SSSR count). The molecule has 1 aliphatic heterocycles. The third kappa shape index (κ3) is 6.80. The third-order valence-corrected chi connectivity index (χ3v) is 5.34. The zero-order chi connectivity index (χ0) is 22.8. The molecule has 2 aromatic rings. The van der Waals surface area contributed by atoms with Gasteiger partial charge in [-0.25, -0.2) is 4.79 Å². The lowest BCUT2D eigenvalue weighted by Crippen LogP contribution is -2.43. The summed E-state index contributed by atoms with van der Waals surface area (Å²) in [6.45, 7) is 4.36. The van der Waals surface area contributed by atoms with Crippen LogP contribution in [0.15, 0.2) is 48.5 Å². The van der Waals surface area contributed by atoms with Crippen LogP contribution in [0.25, 0.3) is 0 Å². The summed E-state index contributed by atoms with van der Waals surface area (Å²) in [6, 6.07) is 14.4. The molecular weight excluding hydrogens is 410 g/mol. The Morgan fingerprint density at radius 1 is 1.00 bits per heavy atom. The molecule has 0 saturated carbocycles. The first-order valence-electron chi connectivity index (χ1n) is 10.9. The summed E-state index contributed by atoms with van der Waals surface area (Å²) in [6.07, 6.45) is 1.67. The predicted molar refractivity (Wildman–Crippen MR) is 122 cm³/mol. The van der Waals surface area contributed by atoms with E-state index in [1.807, 2.05) is 43.3 Å². The highest BCUT2D eigenvalue weighted by Gasteiger charge is 2.23. The van der Waals surface area contributed by atoms with Crippen LogP contribution >= 0.6 is 0 Å². The van der Waals surface area contributed by atoms with Crippen molar-refractivity contribution in [2.75, 3.05) is 45.3 Å². The molecule has 0 radical (unpaired) electrons. The molecule has 0 atom stereocenters. The minimum Gasteiger partial charge on any atom is -0.495 e. The molecule has 172 valence electrons. The topological polar surface area (TPSA) is 89.1 Å². The number of piperidine rings is 1. The lowest BCUT2D eigenvalue weighted by atomic mass is 9.97. The molecular formula is C24H31N3O5. The van der Waals surface area contributed by atoms with Crippen LogP contribution in [0.1, 0.15) is 19.8 Å². The van der Waals surface area contributed by atoms with Gasteiger partial charge in [0.25, 0.3) is 5.91 Å². The van der Waals surface area contributed by atoms with E-state index in [1.54, 1.807) is 24.1 Å². The molecule has 1 heterocycles. The van der Waals surface area contributed by atoms with Gasteiger partial charge in [-0.05, 0) is 62.1 Å². The van der Waals surface area contributed by atoms with Gasteiger partial charge in [0.1, 0.15) is 17.2 Å². The highest BCUT2D eigenvalue weighted by atomic mass is 16.5. The Morgan fingerprint density at radius 2 is 1.66 bits per heavy atom. The Kier molecular flexibility index (Phi) is 8.60. The van der Waals surface area contributed by atoms with Crippen molar-refractivity contribution in [3.63, 3.8) is 0 Å². The van der Waals surface area contributed by atoms with E-state index in [-0.39, 0.29) is 18.5 Å². The van der Waals surface area contributed by atoms with Crippen molar-refractivity contribution >= 4 is 17.6 Å². The number of ether oxygens (including phenoxy) is 3. The second-order valence-corrected chi connectivity index (χ2v) is 7.56. The van der Waals surface area contributed by atoms with E-state index >= 15 is 0 Å². The van der Waals surface area contributed by atoms with E-state index in [0.29, 0.717) is 49.3 Å². The maximum absolute atomic E-state index is 12.6. The van der Waals surface area contributed by atoms with Crippen molar-refractivity contribution in [2.24, 2.45) is 5.92 Å². The van der Waals surface area contributed by atoms with Gasteiger partial charge in [0.15, 0.2) is 6.61 Å². The molecule has 0 spiro atoms. The van der Waals surface area contributed by atoms with Crippen molar-refractivity contribution in [2.45, 2.75) is 19.8 Å². The molecule has 1 saturated heterocycles. The van der Waals surface area contributed by atoms with E-state index < -0.39 is 0 Å². The second-order valence-electron chi connectivity index (χ2n) is 7.56. The molecule has 0 aliphatic carbocycles. The standard InChI is InChI=1S/C24H31N3O5/c1-3-31-19-8-10-20(11-9-19)32-17-23(28)25-16-18-12-14-27(15-13-18)24(29)26-21-6-4-5-7-22(21)30-2/h4-11,18H,3,12-17H2,1-2H3,(H,25,28)(H,26,29). The number of amides is 3. The number of hydrogen-bond acceptors (Lipinski definition) is 5. The minimum absolute atomic E-state index is 0.0336. The number of anilines is 1. The first-order chi connectivity index (χ1) is 15.6. The highest BCUT2D eigenvalue weighted by molar-refractivity contribution is 5.91. The van der Waals surface area contributed by atoms with E-state index in [1.165, 1.54) is 0 Å². The van der Waals surface area contributed by atoms with Gasteiger partial charge in [-0.2, -0.15) is 0 Å². The number of urea groups is 1. The third-order valence-electron chi connectivity index (χ3n) is 5.34. The first kappa shape index (κ1) is 23.2. The molecule has 3 amide bonds. The highest BCUT2D eigenvalue weighted by Crippen LogP contribution is 2.24. The fourth-order valence-corrected chi connectivity index (χ4v) is 3.54. The van der Waals surface area contributed by atoms with Crippen LogP contribution in [0.4, 0.5) is 10.5 Å². The summed E-state index contributed by atoms with van der Waals surface area (Å²) >= 11 is 0. The smallest absolute Gasteiger partial charge is 0.321 e. The Bertz CT molecular complexity index is 879. The molecule has 2 N–H and O–H groups in total. The van der Waals surface area contributed by atoms with Crippen LogP contribution < -0.4 is 24.8 Å². The number of hydrogen-bond donors (Lipinski definition) is 2. The lowest BCUT2D eigenvalue weighted by molar-refractivity contribution is -0.123. The van der Waals surface area contributed by atoms with E-state index in [0.717, 1.165) is 18.6 Å². The van der Waals surface area contributed by atoms with Gasteiger partial charge >= 0.3 is 6.03 Å². The number of carbonyl (C=O) groups is 2. The van der Waals surface area contributed by atoms with Crippen LogP contribution in [-0.2, 0) is 4.79 Å². The Labute approximate surface area is 188 Å².